The summed E-state index contributed by atoms with van der Waals surface area (Å²) in [6, 6.07) is 10.5. The van der Waals surface area contributed by atoms with Crippen molar-refractivity contribution in [2.45, 2.75) is 38.8 Å². The maximum atomic E-state index is 14.5. The van der Waals surface area contributed by atoms with E-state index in [0.29, 0.717) is 41.9 Å². The highest BCUT2D eigenvalue weighted by molar-refractivity contribution is 5.81. The molecule has 0 bridgehead atoms. The van der Waals surface area contributed by atoms with Crippen molar-refractivity contribution in [1.29, 1.82) is 5.26 Å². The molecule has 2 heterocycles. The predicted molar refractivity (Wildman–Crippen MR) is 126 cm³/mol. The fourth-order valence-electron chi connectivity index (χ4n) is 4.04. The Balaban J connectivity index is 1.72. The third kappa shape index (κ3) is 5.11. The number of ether oxygens (including phenoxy) is 2. The van der Waals surface area contributed by atoms with Gasteiger partial charge in [-0.25, -0.2) is 13.6 Å². The third-order valence-corrected chi connectivity index (χ3v) is 5.75. The van der Waals surface area contributed by atoms with Gasteiger partial charge in [-0.1, -0.05) is 6.07 Å². The largest absolute Gasteiger partial charge is 0.494 e. The molecule has 9 heteroatoms. The number of carbonyl (C=O) groups excluding carboxylic acids is 1. The Labute approximate surface area is 202 Å². The van der Waals surface area contributed by atoms with E-state index in [-0.39, 0.29) is 23.4 Å². The molecule has 4 rings (SSSR count). The standard InChI is InChI=1S/C26H26F2N4O3/c1-26(2,3)35-25(33)31-10-9-19(14-31)32-15-20(16-5-6-18(13-29)21(27)11-16)24(30-32)17-7-8-23(34-4)22(28)12-17/h5-8,11-12,15,19H,9-10,14H2,1-4H3. The van der Waals surface area contributed by atoms with Crippen LogP contribution in [0.5, 0.6) is 5.75 Å². The molecule has 1 fully saturated rings. The molecule has 1 atom stereocenters. The van der Waals surface area contributed by atoms with Crippen molar-refractivity contribution in [3.8, 4) is 34.2 Å². The lowest BCUT2D eigenvalue weighted by molar-refractivity contribution is 0.0288. The molecular formula is C26H26F2N4O3. The van der Waals surface area contributed by atoms with Crippen LogP contribution in [0.3, 0.4) is 0 Å². The number of hydrogen-bond acceptors (Lipinski definition) is 5. The maximum absolute atomic E-state index is 14.5. The van der Waals surface area contributed by atoms with Crippen molar-refractivity contribution in [3.63, 3.8) is 0 Å². The number of methoxy groups -OCH3 is 1. The Morgan fingerprint density at radius 3 is 2.49 bits per heavy atom. The number of benzene rings is 2. The van der Waals surface area contributed by atoms with Crippen molar-refractivity contribution in [2.75, 3.05) is 20.2 Å². The van der Waals surface area contributed by atoms with Crippen molar-refractivity contribution >= 4 is 6.09 Å². The highest BCUT2D eigenvalue weighted by Gasteiger charge is 2.32. The second-order valence-corrected chi connectivity index (χ2v) is 9.40. The summed E-state index contributed by atoms with van der Waals surface area (Å²) in [5.41, 5.74) is 1.35. The molecule has 3 aromatic rings. The molecule has 0 radical (unpaired) electrons. The van der Waals surface area contributed by atoms with Crippen LogP contribution in [0.15, 0.2) is 42.6 Å². The summed E-state index contributed by atoms with van der Waals surface area (Å²) < 4.78 is 41.2. The molecule has 1 unspecified atom stereocenters. The fourth-order valence-corrected chi connectivity index (χ4v) is 4.04. The van der Waals surface area contributed by atoms with Gasteiger partial charge in [0.05, 0.1) is 18.7 Å². The summed E-state index contributed by atoms with van der Waals surface area (Å²) in [6.07, 6.45) is 2.03. The molecule has 1 aliphatic heterocycles. The molecule has 1 aromatic heterocycles. The third-order valence-electron chi connectivity index (χ3n) is 5.75. The zero-order valence-corrected chi connectivity index (χ0v) is 20.0. The topological polar surface area (TPSA) is 80.4 Å². The molecule has 2 aromatic carbocycles. The Hall–Kier alpha value is -3.93. The van der Waals surface area contributed by atoms with Crippen LogP contribution in [-0.2, 0) is 4.74 Å². The second kappa shape index (κ2) is 9.37. The van der Waals surface area contributed by atoms with Gasteiger partial charge in [-0.05, 0) is 63.1 Å². The number of carbonyl (C=O) groups is 1. The van der Waals surface area contributed by atoms with Crippen molar-refractivity contribution in [1.82, 2.24) is 14.7 Å². The summed E-state index contributed by atoms with van der Waals surface area (Å²) in [5, 5.41) is 13.8. The zero-order valence-electron chi connectivity index (χ0n) is 20.0. The lowest BCUT2D eigenvalue weighted by Gasteiger charge is -2.24. The number of hydrogen-bond donors (Lipinski definition) is 0. The first-order valence-electron chi connectivity index (χ1n) is 11.2. The smallest absolute Gasteiger partial charge is 0.410 e. The molecule has 1 amide bonds. The number of rotatable bonds is 4. The Morgan fingerprint density at radius 1 is 1.14 bits per heavy atom. The van der Waals surface area contributed by atoms with Gasteiger partial charge in [-0.15, -0.1) is 0 Å². The van der Waals surface area contributed by atoms with E-state index in [2.05, 4.69) is 0 Å². The summed E-state index contributed by atoms with van der Waals surface area (Å²) in [7, 11) is 1.38. The van der Waals surface area contributed by atoms with E-state index in [1.54, 1.807) is 27.9 Å². The van der Waals surface area contributed by atoms with Crippen molar-refractivity contribution in [3.05, 3.63) is 59.8 Å². The molecule has 7 nitrogen and oxygen atoms in total. The number of halogens is 2. The molecular weight excluding hydrogens is 454 g/mol. The average Bonchev–Trinajstić information content (AvgIpc) is 3.45. The van der Waals surface area contributed by atoms with Crippen LogP contribution in [0, 0.1) is 23.0 Å². The van der Waals surface area contributed by atoms with Crippen LogP contribution in [0.2, 0.25) is 0 Å². The molecule has 1 saturated heterocycles. The van der Waals surface area contributed by atoms with Crippen LogP contribution in [0.4, 0.5) is 13.6 Å². The fraction of sp³-hybridized carbons (Fsp3) is 0.346. The molecule has 1 aliphatic rings. The molecule has 0 aliphatic carbocycles. The predicted octanol–water partition coefficient (Wildman–Crippen LogP) is 5.56. The van der Waals surface area contributed by atoms with Gasteiger partial charge in [0.25, 0.3) is 0 Å². The summed E-state index contributed by atoms with van der Waals surface area (Å²) in [5.74, 6) is -1.10. The number of aromatic nitrogens is 2. The maximum Gasteiger partial charge on any atom is 0.410 e. The van der Waals surface area contributed by atoms with Gasteiger partial charge in [0, 0.05) is 30.4 Å². The monoisotopic (exact) mass is 480 g/mol. The Morgan fingerprint density at radius 2 is 1.86 bits per heavy atom. The normalized spacial score (nSPS) is 15.7. The van der Waals surface area contributed by atoms with Gasteiger partial charge >= 0.3 is 6.09 Å². The van der Waals surface area contributed by atoms with Gasteiger partial charge in [0.2, 0.25) is 0 Å². The number of likely N-dealkylation sites (tertiary alicyclic amines) is 1. The van der Waals surface area contributed by atoms with Crippen LogP contribution < -0.4 is 4.74 Å². The van der Waals surface area contributed by atoms with E-state index >= 15 is 0 Å². The van der Waals surface area contributed by atoms with Crippen LogP contribution in [0.25, 0.3) is 22.4 Å². The SMILES string of the molecule is COc1ccc(-c2nn(C3CCN(C(=O)OC(C)(C)C)C3)cc2-c2ccc(C#N)c(F)c2)cc1F. The summed E-state index contributed by atoms with van der Waals surface area (Å²) in [6.45, 7) is 6.35. The Bertz CT molecular complexity index is 1310. The van der Waals surface area contributed by atoms with Crippen molar-refractivity contribution in [2.24, 2.45) is 0 Å². The van der Waals surface area contributed by atoms with Gasteiger partial charge in [-0.2, -0.15) is 10.4 Å². The van der Waals surface area contributed by atoms with Crippen LogP contribution in [0.1, 0.15) is 38.8 Å². The van der Waals surface area contributed by atoms with Gasteiger partial charge in [0.15, 0.2) is 11.6 Å². The first-order valence-corrected chi connectivity index (χ1v) is 11.2. The quantitative estimate of drug-likeness (QED) is 0.489. The lowest BCUT2D eigenvalue weighted by Crippen LogP contribution is -2.35. The number of nitriles is 1. The summed E-state index contributed by atoms with van der Waals surface area (Å²) >= 11 is 0. The van der Waals surface area contributed by atoms with Gasteiger partial charge < -0.3 is 14.4 Å². The van der Waals surface area contributed by atoms with Crippen LogP contribution >= 0.6 is 0 Å². The van der Waals surface area contributed by atoms with Gasteiger partial charge in [-0.3, -0.25) is 4.68 Å². The minimum atomic E-state index is -0.651. The van der Waals surface area contributed by atoms with E-state index in [0.717, 1.165) is 0 Å². The lowest BCUT2D eigenvalue weighted by atomic mass is 10.0. The van der Waals surface area contributed by atoms with E-state index in [9.17, 15) is 13.6 Å². The molecule has 0 N–H and O–H groups in total. The number of nitrogens with zero attached hydrogens (tertiary/aromatic N) is 4. The summed E-state index contributed by atoms with van der Waals surface area (Å²) in [4.78, 5) is 14.1. The van der Waals surface area contributed by atoms with E-state index in [4.69, 9.17) is 19.8 Å². The van der Waals surface area contributed by atoms with E-state index in [1.807, 2.05) is 26.8 Å². The zero-order chi connectivity index (χ0) is 25.3. The first kappa shape index (κ1) is 24.2. The Kier molecular flexibility index (Phi) is 6.48. The molecule has 0 spiro atoms. The molecule has 0 saturated carbocycles. The van der Waals surface area contributed by atoms with E-state index in [1.165, 1.54) is 31.4 Å². The second-order valence-electron chi connectivity index (χ2n) is 9.40. The first-order chi connectivity index (χ1) is 16.6. The number of amides is 1. The van der Waals surface area contributed by atoms with E-state index < -0.39 is 17.2 Å². The van der Waals surface area contributed by atoms with Gasteiger partial charge in [0.1, 0.15) is 23.2 Å². The highest BCUT2D eigenvalue weighted by Crippen LogP contribution is 2.36. The van der Waals surface area contributed by atoms with Crippen molar-refractivity contribution < 1.29 is 23.0 Å². The highest BCUT2D eigenvalue weighted by atomic mass is 19.1. The average molecular weight is 481 g/mol. The van der Waals surface area contributed by atoms with Crippen LogP contribution in [-0.4, -0.2) is 46.6 Å². The molecule has 35 heavy (non-hydrogen) atoms. The minimum absolute atomic E-state index is 0.0676. The molecule has 182 valence electrons. The minimum Gasteiger partial charge on any atom is -0.494 e.